The molecule has 0 aromatic heterocycles. The third-order valence-electron chi connectivity index (χ3n) is 5.34. The molecule has 1 aromatic carbocycles. The fraction of sp³-hybridized carbons (Fsp3) is 0.600. The van der Waals surface area contributed by atoms with Gasteiger partial charge in [-0.2, -0.15) is 0 Å². The quantitative estimate of drug-likeness (QED) is 0.795. The van der Waals surface area contributed by atoms with Crippen molar-refractivity contribution in [1.82, 2.24) is 10.2 Å². The number of halogens is 1. The molecule has 3 rings (SSSR count). The molecular weight excluding hydrogens is 351 g/mol. The van der Waals surface area contributed by atoms with E-state index >= 15 is 0 Å². The van der Waals surface area contributed by atoms with Crippen LogP contribution in [0.5, 0.6) is 0 Å². The molecule has 0 atom stereocenters. The second-order valence-electron chi connectivity index (χ2n) is 7.66. The maximum atomic E-state index is 12.9. The molecule has 7 heteroatoms. The Bertz CT molecular complexity index is 674. The van der Waals surface area contributed by atoms with Gasteiger partial charge in [0.05, 0.1) is 13.2 Å². The Balaban J connectivity index is 1.49. The summed E-state index contributed by atoms with van der Waals surface area (Å²) in [5.74, 6) is -1.32. The van der Waals surface area contributed by atoms with Crippen molar-refractivity contribution in [3.05, 3.63) is 35.6 Å². The highest BCUT2D eigenvalue weighted by molar-refractivity contribution is 6.04. The third kappa shape index (κ3) is 4.47. The van der Waals surface area contributed by atoms with Gasteiger partial charge in [0.25, 0.3) is 0 Å². The summed E-state index contributed by atoms with van der Waals surface area (Å²) < 4.78 is 24.3. The fourth-order valence-corrected chi connectivity index (χ4v) is 3.52. The number of carbonyl (C=O) groups is 2. The summed E-state index contributed by atoms with van der Waals surface area (Å²) in [6.07, 6.45) is 1.83. The Morgan fingerprint density at radius 2 is 1.74 bits per heavy atom. The first-order valence-corrected chi connectivity index (χ1v) is 9.42. The molecule has 1 aromatic rings. The maximum Gasteiger partial charge on any atom is 0.237 e. The molecule has 0 radical (unpaired) electrons. The van der Waals surface area contributed by atoms with Crippen LogP contribution in [0.2, 0.25) is 0 Å². The fourth-order valence-electron chi connectivity index (χ4n) is 3.52. The molecule has 0 bridgehead atoms. The Labute approximate surface area is 159 Å². The zero-order chi connectivity index (χ0) is 19.5. The Morgan fingerprint density at radius 3 is 2.33 bits per heavy atom. The summed E-state index contributed by atoms with van der Waals surface area (Å²) >= 11 is 0. The van der Waals surface area contributed by atoms with E-state index in [1.54, 1.807) is 30.9 Å². The van der Waals surface area contributed by atoms with Crippen molar-refractivity contribution in [3.8, 4) is 0 Å². The van der Waals surface area contributed by atoms with Crippen LogP contribution in [0.15, 0.2) is 24.3 Å². The average molecular weight is 378 g/mol. The number of amides is 2. The smallest absolute Gasteiger partial charge is 0.237 e. The number of carbonyl (C=O) groups excluding carboxylic acids is 2. The van der Waals surface area contributed by atoms with Crippen LogP contribution in [0.3, 0.4) is 0 Å². The van der Waals surface area contributed by atoms with Crippen LogP contribution in [0, 0.1) is 11.2 Å². The van der Waals surface area contributed by atoms with E-state index in [1.165, 1.54) is 12.1 Å². The second kappa shape index (κ2) is 7.94. The highest BCUT2D eigenvalue weighted by atomic mass is 19.1. The summed E-state index contributed by atoms with van der Waals surface area (Å²) in [6.45, 7) is 5.92. The van der Waals surface area contributed by atoms with Gasteiger partial charge in [0, 0.05) is 32.5 Å². The molecule has 2 aliphatic heterocycles. The third-order valence-corrected chi connectivity index (χ3v) is 5.34. The SMILES string of the molecule is CC(C)(C(=O)NCCc1ccc(F)cc1)C(=O)N1CCC2(CC1)OCCO2. The normalized spacial score (nSPS) is 19.3. The molecule has 1 spiro atoms. The number of ether oxygens (including phenoxy) is 2. The molecular formula is C20H27FN2O4. The van der Waals surface area contributed by atoms with E-state index in [4.69, 9.17) is 9.47 Å². The number of nitrogens with zero attached hydrogens (tertiary/aromatic N) is 1. The van der Waals surface area contributed by atoms with Crippen LogP contribution in [-0.4, -0.2) is 55.3 Å². The lowest BCUT2D eigenvalue weighted by Gasteiger charge is -2.40. The monoisotopic (exact) mass is 378 g/mol. The van der Waals surface area contributed by atoms with Crippen molar-refractivity contribution >= 4 is 11.8 Å². The van der Waals surface area contributed by atoms with Gasteiger partial charge in [-0.25, -0.2) is 4.39 Å². The summed E-state index contributed by atoms with van der Waals surface area (Å²) in [5.41, 5.74) is -0.219. The minimum absolute atomic E-state index is 0.186. The molecule has 2 fully saturated rings. The van der Waals surface area contributed by atoms with Crippen molar-refractivity contribution in [1.29, 1.82) is 0 Å². The summed E-state index contributed by atoms with van der Waals surface area (Å²) in [7, 11) is 0. The standard InChI is InChI=1S/C20H27FN2O4/c1-19(2,17(24)22-10-7-15-3-5-16(21)6-4-15)18(25)23-11-8-20(9-12-23)26-13-14-27-20/h3-6H,7-14H2,1-2H3,(H,22,24). The molecule has 6 nitrogen and oxygen atoms in total. The summed E-state index contributed by atoms with van der Waals surface area (Å²) in [4.78, 5) is 27.2. The topological polar surface area (TPSA) is 67.9 Å². The zero-order valence-corrected chi connectivity index (χ0v) is 15.9. The van der Waals surface area contributed by atoms with Gasteiger partial charge in [-0.15, -0.1) is 0 Å². The summed E-state index contributed by atoms with van der Waals surface area (Å²) in [5, 5.41) is 2.83. The Hall–Kier alpha value is -1.99. The van der Waals surface area contributed by atoms with E-state index < -0.39 is 11.2 Å². The maximum absolute atomic E-state index is 12.9. The molecule has 0 unspecified atom stereocenters. The first-order chi connectivity index (χ1) is 12.8. The molecule has 2 aliphatic rings. The van der Waals surface area contributed by atoms with E-state index in [0.717, 1.165) is 5.56 Å². The molecule has 0 aliphatic carbocycles. The highest BCUT2D eigenvalue weighted by Gasteiger charge is 2.45. The number of piperidine rings is 1. The lowest BCUT2D eigenvalue weighted by Crippen LogP contribution is -2.54. The van der Waals surface area contributed by atoms with Crippen LogP contribution in [-0.2, 0) is 25.5 Å². The molecule has 0 saturated carbocycles. The van der Waals surface area contributed by atoms with Crippen LogP contribution in [0.25, 0.3) is 0 Å². The van der Waals surface area contributed by atoms with Gasteiger partial charge in [0.15, 0.2) is 5.79 Å². The average Bonchev–Trinajstić information content (AvgIpc) is 3.11. The minimum Gasteiger partial charge on any atom is -0.355 e. The van der Waals surface area contributed by atoms with E-state index in [0.29, 0.717) is 52.1 Å². The number of rotatable bonds is 5. The molecule has 2 saturated heterocycles. The summed E-state index contributed by atoms with van der Waals surface area (Å²) in [6, 6.07) is 6.17. The second-order valence-corrected chi connectivity index (χ2v) is 7.66. The van der Waals surface area contributed by atoms with Gasteiger partial charge in [-0.3, -0.25) is 9.59 Å². The van der Waals surface area contributed by atoms with Crippen molar-refractivity contribution in [2.75, 3.05) is 32.8 Å². The highest BCUT2D eigenvalue weighted by Crippen LogP contribution is 2.33. The minimum atomic E-state index is -1.15. The predicted octanol–water partition coefficient (Wildman–Crippen LogP) is 1.88. The van der Waals surface area contributed by atoms with Gasteiger partial charge in [-0.05, 0) is 38.0 Å². The van der Waals surface area contributed by atoms with E-state index in [1.807, 2.05) is 0 Å². The van der Waals surface area contributed by atoms with Crippen molar-refractivity contribution in [2.45, 2.75) is 38.9 Å². The van der Waals surface area contributed by atoms with E-state index in [2.05, 4.69) is 5.32 Å². The van der Waals surface area contributed by atoms with Crippen molar-refractivity contribution < 1.29 is 23.5 Å². The van der Waals surface area contributed by atoms with Crippen LogP contribution in [0.1, 0.15) is 32.3 Å². The van der Waals surface area contributed by atoms with Crippen LogP contribution in [0.4, 0.5) is 4.39 Å². The lowest BCUT2D eigenvalue weighted by molar-refractivity contribution is -0.189. The van der Waals surface area contributed by atoms with Crippen LogP contribution < -0.4 is 5.32 Å². The molecule has 1 N–H and O–H groups in total. The van der Waals surface area contributed by atoms with E-state index in [-0.39, 0.29) is 17.6 Å². The van der Waals surface area contributed by atoms with Crippen molar-refractivity contribution in [3.63, 3.8) is 0 Å². The van der Waals surface area contributed by atoms with Gasteiger partial charge >= 0.3 is 0 Å². The Morgan fingerprint density at radius 1 is 1.15 bits per heavy atom. The number of hydrogen-bond acceptors (Lipinski definition) is 4. The first kappa shape index (κ1) is 19.8. The number of benzene rings is 1. The lowest BCUT2D eigenvalue weighted by atomic mass is 9.89. The van der Waals surface area contributed by atoms with E-state index in [9.17, 15) is 14.0 Å². The Kier molecular flexibility index (Phi) is 5.81. The first-order valence-electron chi connectivity index (χ1n) is 9.42. The number of nitrogens with one attached hydrogen (secondary N) is 1. The van der Waals surface area contributed by atoms with Crippen LogP contribution >= 0.6 is 0 Å². The molecule has 2 heterocycles. The zero-order valence-electron chi connectivity index (χ0n) is 15.9. The van der Waals surface area contributed by atoms with Crippen molar-refractivity contribution in [2.24, 2.45) is 5.41 Å². The van der Waals surface area contributed by atoms with Gasteiger partial charge in [0.1, 0.15) is 11.2 Å². The van der Waals surface area contributed by atoms with Gasteiger partial charge < -0.3 is 19.7 Å². The molecule has 27 heavy (non-hydrogen) atoms. The number of hydrogen-bond donors (Lipinski definition) is 1. The number of likely N-dealkylation sites (tertiary alicyclic amines) is 1. The van der Waals surface area contributed by atoms with Gasteiger partial charge in [-0.1, -0.05) is 12.1 Å². The predicted molar refractivity (Wildman–Crippen MR) is 97.3 cm³/mol. The largest absolute Gasteiger partial charge is 0.355 e. The van der Waals surface area contributed by atoms with Gasteiger partial charge in [0.2, 0.25) is 11.8 Å². The molecule has 2 amide bonds. The molecule has 148 valence electrons.